The van der Waals surface area contributed by atoms with Gasteiger partial charge in [0.1, 0.15) is 11.9 Å². The van der Waals surface area contributed by atoms with Crippen LogP contribution in [0, 0.1) is 6.92 Å². The van der Waals surface area contributed by atoms with Gasteiger partial charge < -0.3 is 10.1 Å². The SMILES string of the molecule is CCCN1CCOC(c2nc(C)c(C(C)C)c(NC)n2)C1. The smallest absolute Gasteiger partial charge is 0.161 e. The fraction of sp³-hybridized carbons (Fsp3) is 0.750. The molecule has 0 spiro atoms. The fourth-order valence-corrected chi connectivity index (χ4v) is 3.01. The maximum Gasteiger partial charge on any atom is 0.161 e. The summed E-state index contributed by atoms with van der Waals surface area (Å²) in [4.78, 5) is 11.9. The predicted octanol–water partition coefficient (Wildman–Crippen LogP) is 2.73. The van der Waals surface area contributed by atoms with Gasteiger partial charge in [0, 0.05) is 31.4 Å². The van der Waals surface area contributed by atoms with E-state index in [1.807, 2.05) is 7.05 Å². The second-order valence-corrected chi connectivity index (χ2v) is 5.99. The molecule has 0 bridgehead atoms. The third kappa shape index (κ3) is 3.71. The van der Waals surface area contributed by atoms with Crippen molar-refractivity contribution in [3.63, 3.8) is 0 Å². The normalized spacial score (nSPS) is 20.0. The Morgan fingerprint density at radius 3 is 2.76 bits per heavy atom. The number of nitrogens with one attached hydrogen (secondary N) is 1. The van der Waals surface area contributed by atoms with Gasteiger partial charge in [-0.25, -0.2) is 9.97 Å². The molecule has 1 unspecified atom stereocenters. The monoisotopic (exact) mass is 292 g/mol. The van der Waals surface area contributed by atoms with Gasteiger partial charge in [0.05, 0.1) is 6.61 Å². The molecule has 1 N–H and O–H groups in total. The van der Waals surface area contributed by atoms with Crippen molar-refractivity contribution >= 4 is 5.82 Å². The number of nitrogens with zero attached hydrogens (tertiary/aromatic N) is 3. The number of ether oxygens (including phenoxy) is 1. The van der Waals surface area contributed by atoms with Crippen LogP contribution in [-0.4, -0.2) is 48.2 Å². The second-order valence-electron chi connectivity index (χ2n) is 5.99. The Morgan fingerprint density at radius 2 is 2.14 bits per heavy atom. The van der Waals surface area contributed by atoms with E-state index in [-0.39, 0.29) is 6.10 Å². The summed E-state index contributed by atoms with van der Waals surface area (Å²) in [5.41, 5.74) is 2.25. The van der Waals surface area contributed by atoms with Gasteiger partial charge in [0.15, 0.2) is 5.82 Å². The minimum absolute atomic E-state index is 0.0164. The van der Waals surface area contributed by atoms with Gasteiger partial charge in [-0.2, -0.15) is 0 Å². The Hall–Kier alpha value is -1.20. The molecule has 1 fully saturated rings. The lowest BCUT2D eigenvalue weighted by molar-refractivity contribution is -0.0342. The quantitative estimate of drug-likeness (QED) is 0.904. The highest BCUT2D eigenvalue weighted by Crippen LogP contribution is 2.28. The molecule has 1 aliphatic rings. The summed E-state index contributed by atoms with van der Waals surface area (Å²) >= 11 is 0. The molecule has 2 rings (SSSR count). The molecule has 5 nitrogen and oxygen atoms in total. The first-order valence-electron chi connectivity index (χ1n) is 7.96. The lowest BCUT2D eigenvalue weighted by atomic mass is 10.0. The average molecular weight is 292 g/mol. The van der Waals surface area contributed by atoms with Crippen LogP contribution in [0.2, 0.25) is 0 Å². The molecule has 5 heteroatoms. The molecule has 21 heavy (non-hydrogen) atoms. The highest BCUT2D eigenvalue weighted by atomic mass is 16.5. The van der Waals surface area contributed by atoms with Crippen LogP contribution in [0.4, 0.5) is 5.82 Å². The Balaban J connectivity index is 2.25. The molecule has 1 aliphatic heterocycles. The fourth-order valence-electron chi connectivity index (χ4n) is 3.01. The van der Waals surface area contributed by atoms with E-state index in [1.165, 1.54) is 12.0 Å². The number of aromatic nitrogens is 2. The number of hydrogen-bond acceptors (Lipinski definition) is 5. The van der Waals surface area contributed by atoms with E-state index in [0.717, 1.165) is 43.6 Å². The molecule has 0 aromatic carbocycles. The first-order chi connectivity index (χ1) is 10.1. The largest absolute Gasteiger partial charge is 0.373 e. The van der Waals surface area contributed by atoms with Crippen molar-refractivity contribution in [1.29, 1.82) is 0 Å². The summed E-state index contributed by atoms with van der Waals surface area (Å²) in [6, 6.07) is 0. The van der Waals surface area contributed by atoms with Crippen molar-refractivity contribution in [2.24, 2.45) is 0 Å². The van der Waals surface area contributed by atoms with Gasteiger partial charge in [-0.3, -0.25) is 4.90 Å². The van der Waals surface area contributed by atoms with Crippen LogP contribution >= 0.6 is 0 Å². The molecule has 1 aromatic rings. The lowest BCUT2D eigenvalue weighted by Crippen LogP contribution is -2.39. The zero-order valence-electron chi connectivity index (χ0n) is 13.9. The Labute approximate surface area is 128 Å². The van der Waals surface area contributed by atoms with Gasteiger partial charge in [-0.1, -0.05) is 20.8 Å². The van der Waals surface area contributed by atoms with Crippen molar-refractivity contribution in [3.8, 4) is 0 Å². The molecule has 2 heterocycles. The minimum Gasteiger partial charge on any atom is -0.373 e. The molecule has 0 aliphatic carbocycles. The molecule has 1 saturated heterocycles. The number of hydrogen-bond donors (Lipinski definition) is 1. The molecule has 118 valence electrons. The van der Waals surface area contributed by atoms with Gasteiger partial charge in [0.25, 0.3) is 0 Å². The van der Waals surface area contributed by atoms with Crippen molar-refractivity contribution < 1.29 is 4.74 Å². The summed E-state index contributed by atoms with van der Waals surface area (Å²) in [5.74, 6) is 2.15. The van der Waals surface area contributed by atoms with Crippen molar-refractivity contribution in [3.05, 3.63) is 17.1 Å². The minimum atomic E-state index is -0.0164. The highest BCUT2D eigenvalue weighted by Gasteiger charge is 2.25. The predicted molar refractivity (Wildman–Crippen MR) is 85.8 cm³/mol. The zero-order chi connectivity index (χ0) is 15.4. The molecular weight excluding hydrogens is 264 g/mol. The van der Waals surface area contributed by atoms with Gasteiger partial charge in [-0.05, 0) is 25.8 Å². The zero-order valence-corrected chi connectivity index (χ0v) is 13.9. The van der Waals surface area contributed by atoms with Gasteiger partial charge >= 0.3 is 0 Å². The van der Waals surface area contributed by atoms with Crippen LogP contribution in [0.15, 0.2) is 0 Å². The van der Waals surface area contributed by atoms with Crippen LogP contribution < -0.4 is 5.32 Å². The van der Waals surface area contributed by atoms with E-state index >= 15 is 0 Å². The first-order valence-corrected chi connectivity index (χ1v) is 7.96. The van der Waals surface area contributed by atoms with Gasteiger partial charge in [0.2, 0.25) is 0 Å². The van der Waals surface area contributed by atoms with Crippen molar-refractivity contribution in [1.82, 2.24) is 14.9 Å². The van der Waals surface area contributed by atoms with E-state index in [2.05, 4.69) is 37.9 Å². The number of morpholine rings is 1. The topological polar surface area (TPSA) is 50.3 Å². The Bertz CT molecular complexity index is 474. The second kappa shape index (κ2) is 7.18. The number of anilines is 1. The van der Waals surface area contributed by atoms with E-state index in [4.69, 9.17) is 14.7 Å². The Morgan fingerprint density at radius 1 is 1.38 bits per heavy atom. The molecule has 0 saturated carbocycles. The lowest BCUT2D eigenvalue weighted by Gasteiger charge is -2.32. The third-order valence-electron chi connectivity index (χ3n) is 3.95. The van der Waals surface area contributed by atoms with Crippen LogP contribution in [0.5, 0.6) is 0 Å². The third-order valence-corrected chi connectivity index (χ3v) is 3.95. The van der Waals surface area contributed by atoms with Crippen LogP contribution in [0.25, 0.3) is 0 Å². The molecule has 1 atom stereocenters. The highest BCUT2D eigenvalue weighted by molar-refractivity contribution is 5.48. The van der Waals surface area contributed by atoms with Crippen LogP contribution in [0.1, 0.15) is 56.3 Å². The number of rotatable bonds is 5. The summed E-state index contributed by atoms with van der Waals surface area (Å²) < 4.78 is 5.90. The molecule has 0 radical (unpaired) electrons. The molecular formula is C16H28N4O. The Kier molecular flexibility index (Phi) is 5.53. The van der Waals surface area contributed by atoms with Crippen LogP contribution in [0.3, 0.4) is 0 Å². The summed E-state index contributed by atoms with van der Waals surface area (Å²) in [6.45, 7) is 12.4. The van der Waals surface area contributed by atoms with E-state index in [9.17, 15) is 0 Å². The van der Waals surface area contributed by atoms with Gasteiger partial charge in [-0.15, -0.1) is 0 Å². The van der Waals surface area contributed by atoms with Crippen molar-refractivity contribution in [2.75, 3.05) is 38.6 Å². The first kappa shape index (κ1) is 16.2. The van der Waals surface area contributed by atoms with E-state index < -0.39 is 0 Å². The average Bonchev–Trinajstić information content (AvgIpc) is 2.46. The number of aryl methyl sites for hydroxylation is 1. The van der Waals surface area contributed by atoms with E-state index in [1.54, 1.807) is 0 Å². The maximum absolute atomic E-state index is 5.90. The summed E-state index contributed by atoms with van der Waals surface area (Å²) in [7, 11) is 1.92. The van der Waals surface area contributed by atoms with Crippen molar-refractivity contribution in [2.45, 2.75) is 46.1 Å². The summed E-state index contributed by atoms with van der Waals surface area (Å²) in [5, 5.41) is 3.21. The molecule has 0 amide bonds. The van der Waals surface area contributed by atoms with E-state index in [0.29, 0.717) is 5.92 Å². The van der Waals surface area contributed by atoms with Crippen LogP contribution in [-0.2, 0) is 4.74 Å². The standard InChI is InChI=1S/C16H28N4O/c1-6-7-20-8-9-21-13(10-20)15-18-12(4)14(11(2)3)16(17-5)19-15/h11,13H,6-10H2,1-5H3,(H,17,18,19). The summed E-state index contributed by atoms with van der Waals surface area (Å²) in [6.07, 6.45) is 1.15. The molecule has 1 aromatic heterocycles. The maximum atomic E-state index is 5.90.